The van der Waals surface area contributed by atoms with E-state index in [4.69, 9.17) is 9.47 Å². The Kier molecular flexibility index (Phi) is 5.16. The molecule has 0 atom stereocenters. The molecule has 0 N–H and O–H groups in total. The Bertz CT molecular complexity index is 680. The largest absolute Gasteiger partial charge is 0.457 e. The standard InChI is InChI=1S/C19H19FO3/c1-19(2,3)23-18(21)13-6-14-4-9-16(10-5-14)22-17-11-7-15(20)8-12-17/h4-13H,1-3H3/b13-6+. The molecular formula is C19H19FO3. The van der Waals surface area contributed by atoms with Crippen molar-refractivity contribution in [3.05, 3.63) is 66.0 Å². The maximum Gasteiger partial charge on any atom is 0.331 e. The van der Waals surface area contributed by atoms with E-state index in [0.717, 1.165) is 5.56 Å². The topological polar surface area (TPSA) is 35.5 Å². The summed E-state index contributed by atoms with van der Waals surface area (Å²) in [5, 5.41) is 0. The normalized spacial score (nSPS) is 11.5. The van der Waals surface area contributed by atoms with Crippen LogP contribution in [0.4, 0.5) is 4.39 Å². The summed E-state index contributed by atoms with van der Waals surface area (Å²) in [6, 6.07) is 13.0. The van der Waals surface area contributed by atoms with Crippen LogP contribution in [-0.4, -0.2) is 11.6 Å². The van der Waals surface area contributed by atoms with Crippen molar-refractivity contribution in [1.82, 2.24) is 0 Å². The molecule has 4 heteroatoms. The van der Waals surface area contributed by atoms with Crippen molar-refractivity contribution < 1.29 is 18.7 Å². The van der Waals surface area contributed by atoms with Gasteiger partial charge in [0.1, 0.15) is 22.9 Å². The predicted octanol–water partition coefficient (Wildman–Crippen LogP) is 4.97. The van der Waals surface area contributed by atoms with Crippen LogP contribution in [0.5, 0.6) is 11.5 Å². The fourth-order valence-corrected chi connectivity index (χ4v) is 1.79. The molecule has 0 radical (unpaired) electrons. The number of esters is 1. The summed E-state index contributed by atoms with van der Waals surface area (Å²) in [5.74, 6) is 0.499. The van der Waals surface area contributed by atoms with Gasteiger partial charge in [-0.3, -0.25) is 0 Å². The van der Waals surface area contributed by atoms with Crippen molar-refractivity contribution in [2.45, 2.75) is 26.4 Å². The van der Waals surface area contributed by atoms with Crippen LogP contribution in [0.25, 0.3) is 6.08 Å². The average Bonchev–Trinajstić information content (AvgIpc) is 2.47. The van der Waals surface area contributed by atoms with Crippen LogP contribution < -0.4 is 4.74 Å². The van der Waals surface area contributed by atoms with E-state index in [1.807, 2.05) is 32.9 Å². The molecule has 0 aliphatic carbocycles. The summed E-state index contributed by atoms with van der Waals surface area (Å²) >= 11 is 0. The van der Waals surface area contributed by atoms with Gasteiger partial charge in [-0.15, -0.1) is 0 Å². The fraction of sp³-hybridized carbons (Fsp3) is 0.211. The second-order valence-corrected chi connectivity index (χ2v) is 5.99. The smallest absolute Gasteiger partial charge is 0.331 e. The van der Waals surface area contributed by atoms with E-state index in [-0.39, 0.29) is 11.8 Å². The van der Waals surface area contributed by atoms with Gasteiger partial charge in [-0.05, 0) is 68.8 Å². The first-order chi connectivity index (χ1) is 10.8. The number of carbonyl (C=O) groups excluding carboxylic acids is 1. The molecule has 23 heavy (non-hydrogen) atoms. The SMILES string of the molecule is CC(C)(C)OC(=O)/C=C/c1ccc(Oc2ccc(F)cc2)cc1. The summed E-state index contributed by atoms with van der Waals surface area (Å²) in [6.45, 7) is 5.46. The minimum Gasteiger partial charge on any atom is -0.457 e. The van der Waals surface area contributed by atoms with Gasteiger partial charge < -0.3 is 9.47 Å². The van der Waals surface area contributed by atoms with Gasteiger partial charge in [-0.1, -0.05) is 12.1 Å². The van der Waals surface area contributed by atoms with E-state index in [1.54, 1.807) is 30.3 Å². The van der Waals surface area contributed by atoms with Crippen LogP contribution in [0.2, 0.25) is 0 Å². The molecule has 2 rings (SSSR count). The Morgan fingerprint density at radius 3 is 2.00 bits per heavy atom. The van der Waals surface area contributed by atoms with E-state index in [0.29, 0.717) is 11.5 Å². The first-order valence-corrected chi connectivity index (χ1v) is 7.26. The Morgan fingerprint density at radius 1 is 0.957 bits per heavy atom. The molecule has 0 bridgehead atoms. The zero-order chi connectivity index (χ0) is 16.9. The highest BCUT2D eigenvalue weighted by Gasteiger charge is 2.13. The monoisotopic (exact) mass is 314 g/mol. The van der Waals surface area contributed by atoms with Crippen molar-refractivity contribution in [2.75, 3.05) is 0 Å². The molecule has 0 unspecified atom stereocenters. The minimum atomic E-state index is -0.506. The van der Waals surface area contributed by atoms with Gasteiger partial charge in [0.05, 0.1) is 0 Å². The van der Waals surface area contributed by atoms with Crippen LogP contribution >= 0.6 is 0 Å². The van der Waals surface area contributed by atoms with Crippen molar-refractivity contribution in [1.29, 1.82) is 0 Å². The van der Waals surface area contributed by atoms with Gasteiger partial charge in [0.2, 0.25) is 0 Å². The average molecular weight is 314 g/mol. The number of carbonyl (C=O) groups is 1. The third kappa shape index (κ3) is 5.94. The number of halogens is 1. The van der Waals surface area contributed by atoms with Crippen molar-refractivity contribution in [3.63, 3.8) is 0 Å². The van der Waals surface area contributed by atoms with E-state index in [9.17, 15) is 9.18 Å². The van der Waals surface area contributed by atoms with Gasteiger partial charge >= 0.3 is 5.97 Å². The molecule has 0 saturated heterocycles. The molecular weight excluding hydrogens is 295 g/mol. The van der Waals surface area contributed by atoms with Gasteiger partial charge in [0.25, 0.3) is 0 Å². The lowest BCUT2D eigenvalue weighted by atomic mass is 10.2. The lowest BCUT2D eigenvalue weighted by molar-refractivity contribution is -0.148. The highest BCUT2D eigenvalue weighted by molar-refractivity contribution is 5.87. The van der Waals surface area contributed by atoms with Crippen LogP contribution in [-0.2, 0) is 9.53 Å². The molecule has 0 amide bonds. The molecule has 2 aromatic carbocycles. The Hall–Kier alpha value is -2.62. The van der Waals surface area contributed by atoms with Crippen LogP contribution in [0.3, 0.4) is 0 Å². The van der Waals surface area contributed by atoms with Crippen LogP contribution in [0, 0.1) is 5.82 Å². The fourth-order valence-electron chi connectivity index (χ4n) is 1.79. The highest BCUT2D eigenvalue weighted by Crippen LogP contribution is 2.22. The quantitative estimate of drug-likeness (QED) is 0.590. The summed E-state index contributed by atoms with van der Waals surface area (Å²) in [5.41, 5.74) is 0.344. The Labute approximate surface area is 135 Å². The number of ether oxygens (including phenoxy) is 2. The Morgan fingerprint density at radius 2 is 1.48 bits per heavy atom. The lowest BCUT2D eigenvalue weighted by Gasteiger charge is -2.17. The second kappa shape index (κ2) is 7.09. The van der Waals surface area contributed by atoms with Crippen LogP contribution in [0.15, 0.2) is 54.6 Å². The molecule has 0 aliphatic rings. The summed E-state index contributed by atoms with van der Waals surface area (Å²) in [7, 11) is 0. The van der Waals surface area contributed by atoms with Gasteiger partial charge in [-0.2, -0.15) is 0 Å². The number of hydrogen-bond donors (Lipinski definition) is 0. The summed E-state index contributed by atoms with van der Waals surface area (Å²) in [4.78, 5) is 11.6. The molecule has 0 saturated carbocycles. The van der Waals surface area contributed by atoms with Gasteiger partial charge in [0, 0.05) is 6.08 Å². The number of benzene rings is 2. The predicted molar refractivity (Wildman–Crippen MR) is 87.8 cm³/mol. The van der Waals surface area contributed by atoms with E-state index >= 15 is 0 Å². The molecule has 2 aromatic rings. The zero-order valence-electron chi connectivity index (χ0n) is 13.4. The molecule has 0 fully saturated rings. The maximum absolute atomic E-state index is 12.8. The number of hydrogen-bond acceptors (Lipinski definition) is 3. The van der Waals surface area contributed by atoms with Crippen molar-refractivity contribution in [3.8, 4) is 11.5 Å². The highest BCUT2D eigenvalue weighted by atomic mass is 19.1. The van der Waals surface area contributed by atoms with Crippen molar-refractivity contribution in [2.24, 2.45) is 0 Å². The first kappa shape index (κ1) is 16.7. The third-order valence-corrected chi connectivity index (χ3v) is 2.75. The van der Waals surface area contributed by atoms with E-state index < -0.39 is 5.60 Å². The first-order valence-electron chi connectivity index (χ1n) is 7.26. The zero-order valence-corrected chi connectivity index (χ0v) is 13.4. The molecule has 0 spiro atoms. The lowest BCUT2D eigenvalue weighted by Crippen LogP contribution is -2.22. The van der Waals surface area contributed by atoms with Crippen molar-refractivity contribution >= 4 is 12.0 Å². The van der Waals surface area contributed by atoms with Gasteiger partial charge in [0.15, 0.2) is 0 Å². The molecule has 0 aliphatic heterocycles. The third-order valence-electron chi connectivity index (χ3n) is 2.75. The molecule has 0 aromatic heterocycles. The Balaban J connectivity index is 1.96. The second-order valence-electron chi connectivity index (χ2n) is 5.99. The molecule has 0 heterocycles. The number of rotatable bonds is 4. The molecule has 120 valence electrons. The maximum atomic E-state index is 12.8. The van der Waals surface area contributed by atoms with Crippen LogP contribution in [0.1, 0.15) is 26.3 Å². The summed E-state index contributed by atoms with van der Waals surface area (Å²) in [6.07, 6.45) is 3.07. The minimum absolute atomic E-state index is 0.306. The van der Waals surface area contributed by atoms with E-state index in [2.05, 4.69) is 0 Å². The van der Waals surface area contributed by atoms with Gasteiger partial charge in [-0.25, -0.2) is 9.18 Å². The molecule has 3 nitrogen and oxygen atoms in total. The summed E-state index contributed by atoms with van der Waals surface area (Å²) < 4.78 is 23.6. The van der Waals surface area contributed by atoms with E-state index in [1.165, 1.54) is 18.2 Å².